The molecule has 0 rings (SSSR count). The Morgan fingerprint density at radius 1 is 1.44 bits per heavy atom. The average molecular weight is 295 g/mol. The fourth-order valence-corrected chi connectivity index (χ4v) is 2.05. The molecule has 16 heavy (non-hydrogen) atoms. The lowest BCUT2D eigenvalue weighted by Gasteiger charge is -2.04. The lowest BCUT2D eigenvalue weighted by Crippen LogP contribution is -2.20. The third kappa shape index (κ3) is 29.2. The van der Waals surface area contributed by atoms with Gasteiger partial charge in [0, 0.05) is 23.9 Å². The molecule has 0 heterocycles. The number of hydrogen-bond acceptors (Lipinski definition) is 5. The highest BCUT2D eigenvalue weighted by Gasteiger charge is 2.11. The lowest BCUT2D eigenvalue weighted by atomic mass is 10.4. The minimum atomic E-state index is -3.87. The van der Waals surface area contributed by atoms with Gasteiger partial charge in [0.1, 0.15) is 0 Å². The van der Waals surface area contributed by atoms with E-state index < -0.39 is 12.2 Å². The summed E-state index contributed by atoms with van der Waals surface area (Å²) in [7, 11) is 0. The maximum Gasteiger partial charge on any atom is 0.401 e. The van der Waals surface area contributed by atoms with Crippen LogP contribution in [0.1, 0.15) is 6.42 Å². The van der Waals surface area contributed by atoms with Gasteiger partial charge in [0.25, 0.3) is 0 Å². The maximum absolute atomic E-state index is 10.3. The van der Waals surface area contributed by atoms with Crippen molar-refractivity contribution in [3.05, 3.63) is 0 Å². The highest BCUT2D eigenvalue weighted by atomic mass is 35.5. The molecule has 0 aromatic rings. The van der Waals surface area contributed by atoms with Crippen molar-refractivity contribution in [2.75, 3.05) is 25.4 Å². The zero-order valence-electron chi connectivity index (χ0n) is 8.50. The van der Waals surface area contributed by atoms with Gasteiger partial charge in [0.2, 0.25) is 0 Å². The molecular formula is C6H16ClN2O5PS. The largest absolute Gasteiger partial charge is 0.469 e. The van der Waals surface area contributed by atoms with E-state index in [1.165, 1.54) is 0 Å². The van der Waals surface area contributed by atoms with Crippen molar-refractivity contribution in [2.24, 2.45) is 5.73 Å². The van der Waals surface area contributed by atoms with E-state index >= 15 is 0 Å². The zero-order valence-corrected chi connectivity index (χ0v) is 11.0. The van der Waals surface area contributed by atoms with E-state index in [0.29, 0.717) is 30.2 Å². The first-order valence-electron chi connectivity index (χ1n) is 4.29. The first kappa shape index (κ1) is 18.5. The van der Waals surface area contributed by atoms with Gasteiger partial charge in [-0.3, -0.25) is 0 Å². The SMILES string of the molecule is NCCCNCCSP(=O)(O)O.O=C(O)Cl. The summed E-state index contributed by atoms with van der Waals surface area (Å²) >= 11 is 4.86. The fourth-order valence-electron chi connectivity index (χ4n) is 0.589. The van der Waals surface area contributed by atoms with Crippen LogP contribution >= 0.6 is 29.8 Å². The molecule has 0 aliphatic rings. The van der Waals surface area contributed by atoms with Crippen LogP contribution in [0.2, 0.25) is 0 Å². The van der Waals surface area contributed by atoms with Crippen molar-refractivity contribution < 1.29 is 24.3 Å². The van der Waals surface area contributed by atoms with Gasteiger partial charge < -0.3 is 25.9 Å². The van der Waals surface area contributed by atoms with Crippen LogP contribution in [0, 0.1) is 0 Å². The molecule has 0 atom stereocenters. The molecule has 0 aromatic carbocycles. The molecule has 0 saturated carbocycles. The van der Waals surface area contributed by atoms with Crippen molar-refractivity contribution in [1.29, 1.82) is 0 Å². The second kappa shape index (κ2) is 11.7. The molecule has 0 unspecified atom stereocenters. The molecular weight excluding hydrogens is 279 g/mol. The van der Waals surface area contributed by atoms with Gasteiger partial charge in [-0.25, -0.2) is 9.36 Å². The molecule has 98 valence electrons. The van der Waals surface area contributed by atoms with Gasteiger partial charge in [-0.15, -0.1) is 0 Å². The van der Waals surface area contributed by atoms with Gasteiger partial charge in [-0.2, -0.15) is 0 Å². The summed E-state index contributed by atoms with van der Waals surface area (Å²) in [5.41, 5.74) is 3.88. The summed E-state index contributed by atoms with van der Waals surface area (Å²) in [6.45, 7) is -1.82. The van der Waals surface area contributed by atoms with E-state index in [4.69, 9.17) is 25.4 Å². The van der Waals surface area contributed by atoms with Crippen LogP contribution in [0.3, 0.4) is 0 Å². The van der Waals surface area contributed by atoms with Crippen molar-refractivity contribution in [2.45, 2.75) is 6.42 Å². The van der Waals surface area contributed by atoms with Crippen LogP contribution < -0.4 is 11.1 Å². The lowest BCUT2D eigenvalue weighted by molar-refractivity contribution is 0.220. The quantitative estimate of drug-likeness (QED) is 0.263. The van der Waals surface area contributed by atoms with Crippen LogP contribution in [-0.4, -0.2) is 45.7 Å². The van der Waals surface area contributed by atoms with Crippen LogP contribution in [0.25, 0.3) is 0 Å². The van der Waals surface area contributed by atoms with E-state index in [1.54, 1.807) is 0 Å². The Morgan fingerprint density at radius 2 is 1.94 bits per heavy atom. The zero-order chi connectivity index (χ0) is 13.0. The van der Waals surface area contributed by atoms with E-state index in [0.717, 1.165) is 13.0 Å². The van der Waals surface area contributed by atoms with Crippen LogP contribution in [0.4, 0.5) is 4.79 Å². The smallest absolute Gasteiger partial charge is 0.401 e. The predicted molar refractivity (Wildman–Crippen MR) is 64.9 cm³/mol. The Labute approximate surface area is 103 Å². The van der Waals surface area contributed by atoms with E-state index in [-0.39, 0.29) is 0 Å². The Bertz CT molecular complexity index is 223. The number of halogens is 1. The fraction of sp³-hybridized carbons (Fsp3) is 0.833. The topological polar surface area (TPSA) is 133 Å². The summed E-state index contributed by atoms with van der Waals surface area (Å²) < 4.78 is 10.3. The van der Waals surface area contributed by atoms with Gasteiger partial charge in [-0.05, 0) is 30.9 Å². The van der Waals surface area contributed by atoms with Crippen molar-refractivity contribution in [3.63, 3.8) is 0 Å². The van der Waals surface area contributed by atoms with E-state index in [2.05, 4.69) is 16.9 Å². The monoisotopic (exact) mass is 294 g/mol. The summed E-state index contributed by atoms with van der Waals surface area (Å²) in [4.78, 5) is 25.7. The van der Waals surface area contributed by atoms with Crippen LogP contribution in [0.5, 0.6) is 0 Å². The molecule has 0 spiro atoms. The van der Waals surface area contributed by atoms with E-state index in [1.807, 2.05) is 0 Å². The minimum absolute atomic E-state index is 0.425. The molecule has 0 aromatic heterocycles. The second-order valence-corrected chi connectivity index (χ2v) is 6.64. The van der Waals surface area contributed by atoms with Crippen molar-refractivity contribution >= 4 is 35.2 Å². The number of rotatable bonds is 7. The third-order valence-corrected chi connectivity index (χ3v) is 3.38. The van der Waals surface area contributed by atoms with Gasteiger partial charge in [0.15, 0.2) is 0 Å². The first-order valence-corrected chi connectivity index (χ1v) is 7.87. The number of carboxylic acid groups (broad SMARTS) is 1. The van der Waals surface area contributed by atoms with Crippen LogP contribution in [-0.2, 0) is 4.57 Å². The van der Waals surface area contributed by atoms with Gasteiger partial charge in [-0.1, -0.05) is 0 Å². The Hall–Kier alpha value is 0.180. The molecule has 0 fully saturated rings. The molecule has 0 saturated heterocycles. The molecule has 0 aliphatic carbocycles. The normalized spacial score (nSPS) is 10.5. The molecule has 6 N–H and O–H groups in total. The highest BCUT2D eigenvalue weighted by molar-refractivity contribution is 8.54. The molecule has 0 radical (unpaired) electrons. The van der Waals surface area contributed by atoms with Crippen LogP contribution in [0.15, 0.2) is 0 Å². The molecule has 0 bridgehead atoms. The van der Waals surface area contributed by atoms with E-state index in [9.17, 15) is 4.57 Å². The molecule has 7 nitrogen and oxygen atoms in total. The standard InChI is InChI=1S/C5H15N2O3PS.CHClO2/c6-2-1-3-7-4-5-12-11(8,9)10;2-1(3)4/h7H,1-6H2,(H2,8,9,10);(H,3,4). The minimum Gasteiger partial charge on any atom is -0.469 e. The van der Waals surface area contributed by atoms with Crippen molar-refractivity contribution in [1.82, 2.24) is 5.32 Å². The second-order valence-electron chi connectivity index (χ2n) is 2.47. The van der Waals surface area contributed by atoms with Crippen molar-refractivity contribution in [3.8, 4) is 0 Å². The van der Waals surface area contributed by atoms with Gasteiger partial charge in [0.05, 0.1) is 0 Å². The summed E-state index contributed by atoms with van der Waals surface area (Å²) in [5, 5.41) is 10.2. The first-order chi connectivity index (χ1) is 7.29. The predicted octanol–water partition coefficient (Wildman–Crippen LogP) is 0.654. The number of nitrogens with two attached hydrogens (primary N) is 1. The number of nitrogens with one attached hydrogen (secondary N) is 1. The number of carbonyl (C=O) groups is 1. The third-order valence-electron chi connectivity index (χ3n) is 1.10. The Balaban J connectivity index is 0. The molecule has 0 amide bonds. The highest BCUT2D eigenvalue weighted by Crippen LogP contribution is 2.49. The molecule has 10 heteroatoms. The summed E-state index contributed by atoms with van der Waals surface area (Å²) in [5.74, 6) is 0.425. The average Bonchev–Trinajstić information content (AvgIpc) is 2.08. The molecule has 0 aliphatic heterocycles. The summed E-state index contributed by atoms with van der Waals surface area (Å²) in [6, 6.07) is 0. The van der Waals surface area contributed by atoms with Gasteiger partial charge >= 0.3 is 12.2 Å². The summed E-state index contributed by atoms with van der Waals surface area (Å²) in [6.07, 6.45) is 0.889. The maximum atomic E-state index is 10.3. The Kier molecular flexibility index (Phi) is 13.5. The Morgan fingerprint density at radius 3 is 2.31 bits per heavy atom. The number of hydrogen-bond donors (Lipinski definition) is 5.